The summed E-state index contributed by atoms with van der Waals surface area (Å²) in [5.41, 5.74) is 4.09. The number of amides is 1. The molecule has 0 spiro atoms. The second-order valence-electron chi connectivity index (χ2n) is 6.98. The van der Waals surface area contributed by atoms with Crippen molar-refractivity contribution in [3.63, 3.8) is 0 Å². The van der Waals surface area contributed by atoms with Crippen molar-refractivity contribution in [1.29, 1.82) is 0 Å². The van der Waals surface area contributed by atoms with Crippen LogP contribution < -0.4 is 5.32 Å². The number of aryl methyl sites for hydroxylation is 2. The van der Waals surface area contributed by atoms with Crippen LogP contribution in [0.15, 0.2) is 78.3 Å². The smallest absolute Gasteiger partial charge is 0.264 e. The van der Waals surface area contributed by atoms with Gasteiger partial charge < -0.3 is 9.73 Å². The molecule has 1 N–H and O–H groups in total. The second kappa shape index (κ2) is 8.37. The average molecular weight is 464 g/mol. The van der Waals surface area contributed by atoms with E-state index in [1.54, 1.807) is 17.4 Å². The van der Waals surface area contributed by atoms with E-state index in [2.05, 4.69) is 27.4 Å². The van der Waals surface area contributed by atoms with E-state index >= 15 is 0 Å². The zero-order chi connectivity index (χ0) is 21.4. The Labute approximate surface area is 191 Å². The van der Waals surface area contributed by atoms with Crippen LogP contribution in [0, 0.1) is 13.8 Å². The van der Waals surface area contributed by atoms with Gasteiger partial charge >= 0.3 is 0 Å². The molecule has 1 aliphatic rings. The van der Waals surface area contributed by atoms with Gasteiger partial charge in [-0.2, -0.15) is 0 Å². The number of carbonyl (C=O) groups is 1. The summed E-state index contributed by atoms with van der Waals surface area (Å²) in [6.07, 6.45) is 1.74. The topological polar surface area (TPSA) is 67.5 Å². The van der Waals surface area contributed by atoms with Crippen molar-refractivity contribution in [2.45, 2.75) is 23.3 Å². The lowest BCUT2D eigenvalue weighted by Gasteiger charge is -2.02. The third-order valence-corrected chi connectivity index (χ3v) is 7.49. The zero-order valence-corrected chi connectivity index (χ0v) is 19.2. The molecule has 0 unspecified atom stereocenters. The molecule has 1 fully saturated rings. The molecule has 154 valence electrons. The second-order valence-corrected chi connectivity index (χ2v) is 10.3. The molecule has 8 heteroatoms. The van der Waals surface area contributed by atoms with Crippen LogP contribution in [0.25, 0.3) is 16.3 Å². The lowest BCUT2D eigenvalue weighted by molar-refractivity contribution is -0.115. The van der Waals surface area contributed by atoms with Crippen molar-refractivity contribution in [2.75, 3.05) is 0 Å². The number of thiazole rings is 1. The van der Waals surface area contributed by atoms with Gasteiger partial charge in [0, 0.05) is 6.08 Å². The molecule has 0 bridgehead atoms. The molecule has 0 atom stereocenters. The van der Waals surface area contributed by atoms with Crippen LogP contribution in [0.3, 0.4) is 0 Å². The summed E-state index contributed by atoms with van der Waals surface area (Å²) in [6.45, 7) is 4.06. The lowest BCUT2D eigenvalue weighted by atomic mass is 10.1. The Bertz CT molecular complexity index is 1330. The molecule has 5 nitrogen and oxygen atoms in total. The van der Waals surface area contributed by atoms with Gasteiger partial charge in [-0.25, -0.2) is 9.98 Å². The maximum absolute atomic E-state index is 12.4. The van der Waals surface area contributed by atoms with Crippen LogP contribution in [0.1, 0.15) is 16.9 Å². The van der Waals surface area contributed by atoms with Crippen LogP contribution in [0.5, 0.6) is 0 Å². The summed E-state index contributed by atoms with van der Waals surface area (Å²) in [5, 5.41) is 4.13. The molecule has 5 rings (SSSR count). The number of fused-ring (bicyclic) bond motifs is 1. The number of hydrogen-bond acceptors (Lipinski definition) is 7. The molecule has 2 aromatic heterocycles. The number of amidine groups is 1. The molecule has 31 heavy (non-hydrogen) atoms. The van der Waals surface area contributed by atoms with E-state index in [0.29, 0.717) is 15.8 Å². The molecule has 2 aromatic carbocycles. The van der Waals surface area contributed by atoms with Gasteiger partial charge in [0.25, 0.3) is 5.91 Å². The number of nitrogens with one attached hydrogen (secondary N) is 1. The van der Waals surface area contributed by atoms with E-state index in [0.717, 1.165) is 30.9 Å². The number of benzene rings is 2. The minimum atomic E-state index is -0.176. The highest BCUT2D eigenvalue weighted by atomic mass is 32.2. The number of rotatable bonds is 4. The number of carbonyl (C=O) groups excluding carboxylic acids is 1. The molecule has 0 aliphatic carbocycles. The van der Waals surface area contributed by atoms with Gasteiger partial charge in [-0.3, -0.25) is 4.79 Å². The van der Waals surface area contributed by atoms with Gasteiger partial charge in [-0.1, -0.05) is 29.8 Å². The quantitative estimate of drug-likeness (QED) is 0.348. The van der Waals surface area contributed by atoms with Crippen LogP contribution in [0.2, 0.25) is 0 Å². The Morgan fingerprint density at radius 1 is 1.13 bits per heavy atom. The summed E-state index contributed by atoms with van der Waals surface area (Å²) in [7, 11) is 0. The standard InChI is InChI=1S/C23H17N3O2S3/c1-13-7-9-16(14(2)11-13)24-22-26-21(27)19(29-22)12-15-8-10-20(28-15)31-23-25-17-5-3-4-6-18(17)30-23/h3-12H,1-2H3,(H,24,26,27)/b19-12-. The first-order chi connectivity index (χ1) is 15.0. The SMILES string of the molecule is Cc1ccc(N=C2NC(=O)/C(=C/c3ccc(Sc4nc5ccccc5s4)o3)S2)c(C)c1. The molecule has 0 saturated carbocycles. The minimum absolute atomic E-state index is 0.176. The molecule has 1 amide bonds. The fourth-order valence-electron chi connectivity index (χ4n) is 3.10. The maximum atomic E-state index is 12.4. The maximum Gasteiger partial charge on any atom is 0.264 e. The Morgan fingerprint density at radius 3 is 2.84 bits per heavy atom. The van der Waals surface area contributed by atoms with Crippen molar-refractivity contribution in [3.8, 4) is 0 Å². The highest BCUT2D eigenvalue weighted by Gasteiger charge is 2.24. The first-order valence-corrected chi connectivity index (χ1v) is 12.0. The molecule has 1 saturated heterocycles. The molecule has 3 heterocycles. The van der Waals surface area contributed by atoms with E-state index < -0.39 is 0 Å². The monoisotopic (exact) mass is 463 g/mol. The fourth-order valence-corrected chi connectivity index (χ4v) is 5.88. The predicted molar refractivity (Wildman–Crippen MR) is 129 cm³/mol. The number of hydrogen-bond donors (Lipinski definition) is 1. The Kier molecular flexibility index (Phi) is 5.43. The third-order valence-electron chi connectivity index (χ3n) is 4.56. The first kappa shape index (κ1) is 20.1. The van der Waals surface area contributed by atoms with E-state index in [-0.39, 0.29) is 5.91 Å². The van der Waals surface area contributed by atoms with Crippen molar-refractivity contribution in [2.24, 2.45) is 4.99 Å². The largest absolute Gasteiger partial charge is 0.450 e. The van der Waals surface area contributed by atoms with Crippen molar-refractivity contribution in [3.05, 3.63) is 76.4 Å². The number of thioether (sulfide) groups is 1. The Balaban J connectivity index is 1.32. The Hall–Kier alpha value is -2.81. The summed E-state index contributed by atoms with van der Waals surface area (Å²) in [5.74, 6) is 0.444. The van der Waals surface area contributed by atoms with Crippen LogP contribution in [-0.4, -0.2) is 16.1 Å². The van der Waals surface area contributed by atoms with Crippen molar-refractivity contribution >= 4 is 67.9 Å². The molecule has 0 radical (unpaired) electrons. The summed E-state index contributed by atoms with van der Waals surface area (Å²) in [4.78, 5) is 22.1. The molecular formula is C23H17N3O2S3. The predicted octanol–water partition coefficient (Wildman–Crippen LogP) is 6.55. The number of furan rings is 1. The van der Waals surface area contributed by atoms with Gasteiger partial charge in [0.2, 0.25) is 0 Å². The van der Waals surface area contributed by atoms with Crippen LogP contribution >= 0.6 is 34.9 Å². The third kappa shape index (κ3) is 4.46. The lowest BCUT2D eigenvalue weighted by Crippen LogP contribution is -2.19. The highest BCUT2D eigenvalue weighted by Crippen LogP contribution is 2.36. The number of aromatic nitrogens is 1. The normalized spacial score (nSPS) is 16.5. The van der Waals surface area contributed by atoms with Crippen LogP contribution in [-0.2, 0) is 4.79 Å². The van der Waals surface area contributed by atoms with Gasteiger partial charge in [-0.15, -0.1) is 11.3 Å². The van der Waals surface area contributed by atoms with Crippen molar-refractivity contribution < 1.29 is 9.21 Å². The fraction of sp³-hybridized carbons (Fsp3) is 0.0870. The molecular weight excluding hydrogens is 446 g/mol. The number of para-hydroxylation sites is 1. The highest BCUT2D eigenvalue weighted by molar-refractivity contribution is 8.18. The molecule has 4 aromatic rings. The zero-order valence-electron chi connectivity index (χ0n) is 16.7. The number of aliphatic imine (C=N–C) groups is 1. The summed E-state index contributed by atoms with van der Waals surface area (Å²) < 4.78 is 7.97. The Morgan fingerprint density at radius 2 is 2.00 bits per heavy atom. The van der Waals surface area contributed by atoms with Crippen LogP contribution in [0.4, 0.5) is 5.69 Å². The molecule has 1 aliphatic heterocycles. The summed E-state index contributed by atoms with van der Waals surface area (Å²) in [6, 6.07) is 17.8. The van der Waals surface area contributed by atoms with Gasteiger partial charge in [-0.05, 0) is 73.3 Å². The van der Waals surface area contributed by atoms with E-state index in [9.17, 15) is 4.79 Å². The van der Waals surface area contributed by atoms with E-state index in [1.165, 1.54) is 29.1 Å². The van der Waals surface area contributed by atoms with Crippen molar-refractivity contribution in [1.82, 2.24) is 10.3 Å². The van der Waals surface area contributed by atoms with Gasteiger partial charge in [0.1, 0.15) is 5.76 Å². The van der Waals surface area contributed by atoms with E-state index in [4.69, 9.17) is 4.42 Å². The van der Waals surface area contributed by atoms with E-state index in [1.807, 2.05) is 56.3 Å². The average Bonchev–Trinajstić information content (AvgIpc) is 3.43. The van der Waals surface area contributed by atoms with Gasteiger partial charge in [0.15, 0.2) is 14.6 Å². The number of nitrogens with zero attached hydrogens (tertiary/aromatic N) is 2. The van der Waals surface area contributed by atoms with Gasteiger partial charge in [0.05, 0.1) is 20.8 Å². The first-order valence-electron chi connectivity index (χ1n) is 9.53. The minimum Gasteiger partial charge on any atom is -0.450 e. The summed E-state index contributed by atoms with van der Waals surface area (Å²) >= 11 is 4.42.